The number of aromatic nitrogens is 2. The van der Waals surface area contributed by atoms with E-state index in [9.17, 15) is 9.59 Å². The molecule has 2 rings (SSSR count). The molecule has 2 aromatic heterocycles. The van der Waals surface area contributed by atoms with Crippen LogP contribution < -0.4 is 10.6 Å². The summed E-state index contributed by atoms with van der Waals surface area (Å²) in [6.07, 6.45) is 3.38. The van der Waals surface area contributed by atoms with Gasteiger partial charge in [-0.05, 0) is 5.75 Å². The van der Waals surface area contributed by atoms with Gasteiger partial charge in [-0.2, -0.15) is 0 Å². The van der Waals surface area contributed by atoms with Gasteiger partial charge in [0.2, 0.25) is 11.8 Å². The van der Waals surface area contributed by atoms with E-state index in [4.69, 9.17) is 0 Å². The van der Waals surface area contributed by atoms with E-state index < -0.39 is 0 Å². The minimum atomic E-state index is -0.109. The summed E-state index contributed by atoms with van der Waals surface area (Å²) in [5, 5.41) is 6.46. The molecule has 0 aromatic carbocycles. The van der Waals surface area contributed by atoms with Crippen LogP contribution in [-0.2, 0) is 9.59 Å². The van der Waals surface area contributed by atoms with Crippen LogP contribution in [0.25, 0.3) is 0 Å². The first-order valence-corrected chi connectivity index (χ1v) is 9.26. The molecule has 120 valence electrons. The maximum Gasteiger partial charge on any atom is 0.223 e. The third-order valence-corrected chi connectivity index (χ3v) is 4.92. The predicted molar refractivity (Wildman–Crippen MR) is 96.5 cm³/mol. The number of thiazole rings is 2. The van der Waals surface area contributed by atoms with Crippen LogP contribution in [0.15, 0.2) is 20.8 Å². The molecule has 0 bridgehead atoms. The Labute approximate surface area is 146 Å². The van der Waals surface area contributed by atoms with Gasteiger partial charge in [-0.3, -0.25) is 9.59 Å². The van der Waals surface area contributed by atoms with Crippen molar-refractivity contribution in [1.82, 2.24) is 9.97 Å². The third kappa shape index (κ3) is 7.78. The van der Waals surface area contributed by atoms with Gasteiger partial charge in [0.25, 0.3) is 0 Å². The number of carbonyl (C=O) groups is 2. The smallest absolute Gasteiger partial charge is 0.223 e. The van der Waals surface area contributed by atoms with Crippen molar-refractivity contribution in [2.24, 2.45) is 0 Å². The molecule has 2 N–H and O–H groups in total. The molecule has 0 aliphatic heterocycles. The van der Waals surface area contributed by atoms with Gasteiger partial charge in [0, 0.05) is 13.8 Å². The molecule has 0 radical (unpaired) electrons. The maximum absolute atomic E-state index is 10.6. The largest absolute Gasteiger partial charge is 0.302 e. The highest BCUT2D eigenvalue weighted by atomic mass is 32.2. The van der Waals surface area contributed by atoms with Crippen LogP contribution in [0, 0.1) is 0 Å². The maximum atomic E-state index is 10.6. The molecule has 0 saturated heterocycles. The Morgan fingerprint density at radius 2 is 1.68 bits per heavy atom. The summed E-state index contributed by atoms with van der Waals surface area (Å²) in [7, 11) is 0. The predicted octanol–water partition coefficient (Wildman–Crippen LogP) is 3.60. The second-order valence-electron chi connectivity index (χ2n) is 3.78. The molecule has 6 nitrogen and oxygen atoms in total. The standard InChI is InChI=1S/C7H10N2OS2.C5H6N2OS2/c1-3-11-6-4-8-7(12-6)9-5(2)10;1-3(8)7-5-6-2-4(9)10-5/h4H,3H2,1-2H3,(H,8,9,10);2,9H,1H3,(H,6,7,8). The van der Waals surface area contributed by atoms with E-state index >= 15 is 0 Å². The number of rotatable bonds is 4. The summed E-state index contributed by atoms with van der Waals surface area (Å²) in [5.41, 5.74) is 0. The molecule has 10 heteroatoms. The normalized spacial score (nSPS) is 9.64. The van der Waals surface area contributed by atoms with E-state index in [1.54, 1.807) is 24.2 Å². The van der Waals surface area contributed by atoms with Crippen LogP contribution in [0.1, 0.15) is 20.8 Å². The zero-order valence-corrected chi connectivity index (χ0v) is 15.6. The first kappa shape index (κ1) is 18.9. The van der Waals surface area contributed by atoms with Crippen molar-refractivity contribution in [2.75, 3.05) is 16.4 Å². The molecule has 22 heavy (non-hydrogen) atoms. The van der Waals surface area contributed by atoms with Crippen molar-refractivity contribution < 1.29 is 9.59 Å². The van der Waals surface area contributed by atoms with Gasteiger partial charge < -0.3 is 10.6 Å². The summed E-state index contributed by atoms with van der Waals surface area (Å²) in [6, 6.07) is 0. The van der Waals surface area contributed by atoms with Crippen molar-refractivity contribution >= 4 is 69.1 Å². The molecular weight excluding hydrogens is 360 g/mol. The zero-order chi connectivity index (χ0) is 16.5. The number of thioether (sulfide) groups is 1. The summed E-state index contributed by atoms with van der Waals surface area (Å²) in [5.74, 6) is 0.849. The first-order chi connectivity index (χ1) is 10.4. The Bertz CT molecular complexity index is 626. The van der Waals surface area contributed by atoms with Crippen LogP contribution in [0.5, 0.6) is 0 Å². The Kier molecular flexibility index (Phi) is 8.46. The van der Waals surface area contributed by atoms with Crippen molar-refractivity contribution in [2.45, 2.75) is 29.2 Å². The summed E-state index contributed by atoms with van der Waals surface area (Å²) in [4.78, 5) is 29.0. The van der Waals surface area contributed by atoms with Gasteiger partial charge in [0.15, 0.2) is 10.3 Å². The highest BCUT2D eigenvalue weighted by Gasteiger charge is 2.02. The van der Waals surface area contributed by atoms with Crippen molar-refractivity contribution in [1.29, 1.82) is 0 Å². The van der Waals surface area contributed by atoms with E-state index in [0.717, 1.165) is 14.2 Å². The number of hydrogen-bond acceptors (Lipinski definition) is 8. The quantitative estimate of drug-likeness (QED) is 0.561. The molecular formula is C12H16N4O2S4. The number of anilines is 2. The first-order valence-electron chi connectivity index (χ1n) is 6.19. The summed E-state index contributed by atoms with van der Waals surface area (Å²) in [6.45, 7) is 5.01. The van der Waals surface area contributed by atoms with Gasteiger partial charge in [0.1, 0.15) is 0 Å². The molecule has 0 fully saturated rings. The van der Waals surface area contributed by atoms with Crippen molar-refractivity contribution in [3.8, 4) is 0 Å². The highest BCUT2D eigenvalue weighted by Crippen LogP contribution is 2.27. The number of carbonyl (C=O) groups excluding carboxylic acids is 2. The lowest BCUT2D eigenvalue weighted by Crippen LogP contribution is -2.04. The van der Waals surface area contributed by atoms with Crippen molar-refractivity contribution in [3.05, 3.63) is 12.4 Å². The van der Waals surface area contributed by atoms with Gasteiger partial charge in [-0.25, -0.2) is 9.97 Å². The van der Waals surface area contributed by atoms with Gasteiger partial charge in [-0.15, -0.1) is 24.4 Å². The molecule has 2 amide bonds. The second kappa shape index (κ2) is 9.82. The van der Waals surface area contributed by atoms with Gasteiger partial charge >= 0.3 is 0 Å². The monoisotopic (exact) mass is 376 g/mol. The van der Waals surface area contributed by atoms with Crippen molar-refractivity contribution in [3.63, 3.8) is 0 Å². The Morgan fingerprint density at radius 1 is 1.14 bits per heavy atom. The van der Waals surface area contributed by atoms with Gasteiger partial charge in [0.05, 0.1) is 20.8 Å². The van der Waals surface area contributed by atoms with Crippen LogP contribution in [-0.4, -0.2) is 27.5 Å². The third-order valence-electron chi connectivity index (χ3n) is 1.83. The Balaban J connectivity index is 0.000000224. The second-order valence-corrected chi connectivity index (χ2v) is 8.19. The molecule has 0 atom stereocenters. The molecule has 0 spiro atoms. The number of nitrogens with zero attached hydrogens (tertiary/aromatic N) is 2. The fraction of sp³-hybridized carbons (Fsp3) is 0.333. The summed E-state index contributed by atoms with van der Waals surface area (Å²) < 4.78 is 1.94. The van der Waals surface area contributed by atoms with E-state index in [1.807, 2.05) is 0 Å². The Morgan fingerprint density at radius 3 is 2.14 bits per heavy atom. The number of amides is 2. The van der Waals surface area contributed by atoms with E-state index in [1.165, 1.54) is 36.5 Å². The Hall–Kier alpha value is -1.10. The number of thiol groups is 1. The average molecular weight is 377 g/mol. The SMILES string of the molecule is CC(=O)Nc1ncc(S)s1.CCSc1cnc(NC(C)=O)s1. The lowest BCUT2D eigenvalue weighted by Gasteiger charge is -1.92. The van der Waals surface area contributed by atoms with Crippen LogP contribution in [0.2, 0.25) is 0 Å². The van der Waals surface area contributed by atoms with Crippen LogP contribution >= 0.6 is 47.1 Å². The topological polar surface area (TPSA) is 84.0 Å². The minimum Gasteiger partial charge on any atom is -0.302 e. The fourth-order valence-electron chi connectivity index (χ4n) is 1.15. The van der Waals surface area contributed by atoms with Crippen LogP contribution in [0.3, 0.4) is 0 Å². The lowest BCUT2D eigenvalue weighted by molar-refractivity contribution is -0.115. The fourth-order valence-corrected chi connectivity index (χ4v) is 3.91. The van der Waals surface area contributed by atoms with E-state index in [2.05, 4.69) is 40.2 Å². The number of nitrogens with one attached hydrogen (secondary N) is 2. The molecule has 2 heterocycles. The highest BCUT2D eigenvalue weighted by molar-refractivity contribution is 8.01. The zero-order valence-electron chi connectivity index (χ0n) is 12.2. The van der Waals surface area contributed by atoms with Crippen LogP contribution in [0.4, 0.5) is 10.3 Å². The number of hydrogen-bond donors (Lipinski definition) is 3. The van der Waals surface area contributed by atoms with Gasteiger partial charge in [-0.1, -0.05) is 29.6 Å². The molecule has 0 saturated carbocycles. The lowest BCUT2D eigenvalue weighted by atomic mass is 10.7. The minimum absolute atomic E-state index is 0.0719. The van der Waals surface area contributed by atoms with E-state index in [-0.39, 0.29) is 11.8 Å². The molecule has 2 aromatic rings. The van der Waals surface area contributed by atoms with E-state index in [0.29, 0.717) is 10.3 Å². The molecule has 0 aliphatic carbocycles. The molecule has 0 unspecified atom stereocenters. The average Bonchev–Trinajstić information content (AvgIpc) is 2.99. The molecule has 0 aliphatic rings. The summed E-state index contributed by atoms with van der Waals surface area (Å²) >= 11 is 8.60.